The van der Waals surface area contributed by atoms with E-state index in [0.29, 0.717) is 17.6 Å². The van der Waals surface area contributed by atoms with Crippen molar-refractivity contribution in [2.45, 2.75) is 78.1 Å². The zero-order valence-corrected chi connectivity index (χ0v) is 24.2. The number of piperidine rings is 1. The van der Waals surface area contributed by atoms with Gasteiger partial charge in [-0.1, -0.05) is 13.0 Å². The number of carbonyl (C=O) groups is 3. The monoisotopic (exact) mass is 567 g/mol. The van der Waals surface area contributed by atoms with Gasteiger partial charge in [-0.05, 0) is 64.0 Å². The van der Waals surface area contributed by atoms with Crippen LogP contribution in [0.2, 0.25) is 0 Å². The molecule has 1 aliphatic carbocycles. The van der Waals surface area contributed by atoms with Crippen molar-refractivity contribution in [3.05, 3.63) is 40.5 Å². The number of carboxylic acid groups (broad SMARTS) is 2. The predicted molar refractivity (Wildman–Crippen MR) is 153 cm³/mol. The number of pyridine rings is 1. The fraction of sp³-hybridized carbons (Fsp3) is 0.600. The summed E-state index contributed by atoms with van der Waals surface area (Å²) in [6.45, 7) is 6.97. The number of aliphatic carboxylic acids is 2. The number of anilines is 2. The Bertz CT molecular complexity index is 1260. The molecule has 0 spiro atoms. The van der Waals surface area contributed by atoms with Crippen molar-refractivity contribution in [2.24, 2.45) is 11.8 Å². The smallest absolute Gasteiger partial charge is 0.308 e. The van der Waals surface area contributed by atoms with Crippen molar-refractivity contribution < 1.29 is 29.3 Å². The summed E-state index contributed by atoms with van der Waals surface area (Å²) in [6, 6.07) is 4.47. The maximum atomic E-state index is 12.2. The summed E-state index contributed by atoms with van der Waals surface area (Å²) in [5, 5.41) is 21.7. The number of esters is 1. The average Bonchev–Trinajstić information content (AvgIpc) is 2.95. The summed E-state index contributed by atoms with van der Waals surface area (Å²) in [4.78, 5) is 51.4. The van der Waals surface area contributed by atoms with E-state index in [2.05, 4.69) is 27.3 Å². The van der Waals surface area contributed by atoms with Crippen LogP contribution in [0.25, 0.3) is 0 Å². The third kappa shape index (κ3) is 8.14. The molecular weight excluding hydrogens is 526 g/mol. The van der Waals surface area contributed by atoms with Crippen LogP contribution in [0.15, 0.2) is 12.1 Å². The van der Waals surface area contributed by atoms with Crippen LogP contribution in [0, 0.1) is 25.7 Å². The Labute approximate surface area is 240 Å². The van der Waals surface area contributed by atoms with Gasteiger partial charge in [0, 0.05) is 48.4 Å². The van der Waals surface area contributed by atoms with Gasteiger partial charge >= 0.3 is 17.9 Å². The largest absolute Gasteiger partial charge is 0.481 e. The molecule has 222 valence electrons. The summed E-state index contributed by atoms with van der Waals surface area (Å²) in [6.07, 6.45) is 6.17. The average molecular weight is 568 g/mol. The zero-order valence-electron chi connectivity index (χ0n) is 24.2. The second-order valence-electron chi connectivity index (χ2n) is 11.4. The molecule has 0 amide bonds. The number of aromatic nitrogens is 3. The van der Waals surface area contributed by atoms with Crippen molar-refractivity contribution in [2.75, 3.05) is 36.5 Å². The Morgan fingerprint density at radius 2 is 1.78 bits per heavy atom. The van der Waals surface area contributed by atoms with Crippen LogP contribution in [0.1, 0.15) is 79.7 Å². The number of hydrogen-bond donors (Lipinski definition) is 3. The number of carbonyl (C=O) groups excluding carboxylic acids is 1. The molecule has 1 aliphatic heterocycles. The molecule has 0 aromatic carbocycles. The Balaban J connectivity index is 1.35. The van der Waals surface area contributed by atoms with Crippen LogP contribution in [-0.2, 0) is 32.0 Å². The van der Waals surface area contributed by atoms with Gasteiger partial charge in [0.05, 0.1) is 25.4 Å². The molecule has 11 nitrogen and oxygen atoms in total. The van der Waals surface area contributed by atoms with Gasteiger partial charge in [-0.15, -0.1) is 0 Å². The van der Waals surface area contributed by atoms with E-state index >= 15 is 0 Å². The molecule has 3 N–H and O–H groups in total. The normalized spacial score (nSPS) is 16.9. The standard InChI is InChI=1S/C30H41N5O6/c1-18(14-26(36)37)17-41-27(38)15-23(30(39)40)16-31-28-19(2)29(33-20(3)32-28)35-12-10-22(11-13-35)25-9-8-21-6-4-5-7-24(21)34-25/h8-9,18,22-23H,4-7,10-17H2,1-3H3,(H,36,37)(H,39,40)(H,31,32,33)/t18?,23-/m0/s1. The number of fused-ring (bicyclic) bond motifs is 1. The van der Waals surface area contributed by atoms with Crippen molar-refractivity contribution in [1.29, 1.82) is 0 Å². The molecule has 1 fully saturated rings. The number of carboxylic acids is 2. The summed E-state index contributed by atoms with van der Waals surface area (Å²) in [5.41, 5.74) is 4.69. The minimum absolute atomic E-state index is 0.0160. The molecule has 4 rings (SSSR count). The molecule has 2 aliphatic rings. The van der Waals surface area contributed by atoms with E-state index in [-0.39, 0.29) is 31.9 Å². The van der Waals surface area contributed by atoms with E-state index < -0.39 is 23.8 Å². The van der Waals surface area contributed by atoms with Crippen LogP contribution < -0.4 is 10.2 Å². The number of nitrogens with one attached hydrogen (secondary N) is 1. The van der Waals surface area contributed by atoms with E-state index in [1.54, 1.807) is 6.92 Å². The summed E-state index contributed by atoms with van der Waals surface area (Å²) in [5.74, 6) is -1.81. The van der Waals surface area contributed by atoms with Crippen molar-refractivity contribution >= 4 is 29.5 Å². The molecule has 2 aromatic heterocycles. The SMILES string of the molecule is Cc1nc(NC[C@H](CC(=O)OCC(C)CC(=O)O)C(=O)O)c(C)c(N2CCC(c3ccc4c(n3)CCCC4)CC2)n1. The Kier molecular flexibility index (Phi) is 10.1. The first kappa shape index (κ1) is 30.2. The first-order valence-corrected chi connectivity index (χ1v) is 14.5. The number of ether oxygens (including phenoxy) is 1. The van der Waals surface area contributed by atoms with Gasteiger partial charge in [-0.2, -0.15) is 0 Å². The number of rotatable bonds is 12. The van der Waals surface area contributed by atoms with Crippen LogP contribution in [0.4, 0.5) is 11.6 Å². The van der Waals surface area contributed by atoms with Crippen molar-refractivity contribution in [3.63, 3.8) is 0 Å². The number of aryl methyl sites for hydroxylation is 3. The molecule has 41 heavy (non-hydrogen) atoms. The van der Waals surface area contributed by atoms with E-state index in [1.807, 2.05) is 13.8 Å². The summed E-state index contributed by atoms with van der Waals surface area (Å²) in [7, 11) is 0. The van der Waals surface area contributed by atoms with Gasteiger partial charge in [0.1, 0.15) is 17.5 Å². The van der Waals surface area contributed by atoms with E-state index in [1.165, 1.54) is 29.8 Å². The molecule has 1 saturated heterocycles. The zero-order chi connectivity index (χ0) is 29.5. The topological polar surface area (TPSA) is 155 Å². The lowest BCUT2D eigenvalue weighted by molar-refractivity contribution is -0.152. The third-order valence-electron chi connectivity index (χ3n) is 7.97. The second-order valence-corrected chi connectivity index (χ2v) is 11.4. The van der Waals surface area contributed by atoms with Crippen LogP contribution in [0.5, 0.6) is 0 Å². The highest BCUT2D eigenvalue weighted by Gasteiger charge is 2.27. The lowest BCUT2D eigenvalue weighted by Crippen LogP contribution is -2.35. The lowest BCUT2D eigenvalue weighted by atomic mass is 9.90. The van der Waals surface area contributed by atoms with Crippen molar-refractivity contribution in [3.8, 4) is 0 Å². The Morgan fingerprint density at radius 1 is 1.05 bits per heavy atom. The molecule has 2 aromatic rings. The molecule has 1 unspecified atom stereocenters. The van der Waals surface area contributed by atoms with Crippen molar-refractivity contribution in [1.82, 2.24) is 15.0 Å². The van der Waals surface area contributed by atoms with Crippen LogP contribution >= 0.6 is 0 Å². The molecule has 0 bridgehead atoms. The Morgan fingerprint density at radius 3 is 2.49 bits per heavy atom. The summed E-state index contributed by atoms with van der Waals surface area (Å²) >= 11 is 0. The minimum atomic E-state index is -1.13. The highest BCUT2D eigenvalue weighted by atomic mass is 16.5. The van der Waals surface area contributed by atoms with E-state index in [4.69, 9.17) is 19.8 Å². The predicted octanol–water partition coefficient (Wildman–Crippen LogP) is 3.91. The fourth-order valence-electron chi connectivity index (χ4n) is 5.63. The minimum Gasteiger partial charge on any atom is -0.481 e. The highest BCUT2D eigenvalue weighted by Crippen LogP contribution is 2.33. The van der Waals surface area contributed by atoms with Gasteiger partial charge in [0.25, 0.3) is 0 Å². The van der Waals surface area contributed by atoms with Crippen LogP contribution in [0.3, 0.4) is 0 Å². The second kappa shape index (κ2) is 13.7. The highest BCUT2D eigenvalue weighted by molar-refractivity contribution is 5.79. The Hall–Kier alpha value is -3.76. The number of hydrogen-bond acceptors (Lipinski definition) is 9. The molecule has 0 radical (unpaired) electrons. The quantitative estimate of drug-likeness (QED) is 0.320. The van der Waals surface area contributed by atoms with E-state index in [0.717, 1.165) is 50.2 Å². The molecule has 11 heteroatoms. The number of nitrogens with zero attached hydrogens (tertiary/aromatic N) is 4. The van der Waals surface area contributed by atoms with Gasteiger partial charge in [-0.25, -0.2) is 9.97 Å². The maximum Gasteiger partial charge on any atom is 0.308 e. The first-order valence-electron chi connectivity index (χ1n) is 14.5. The molecule has 3 heterocycles. The lowest BCUT2D eigenvalue weighted by Gasteiger charge is -2.34. The fourth-order valence-corrected chi connectivity index (χ4v) is 5.63. The van der Waals surface area contributed by atoms with E-state index in [9.17, 15) is 19.5 Å². The molecular formula is C30H41N5O6. The first-order chi connectivity index (χ1) is 19.6. The molecule has 2 atom stereocenters. The van der Waals surface area contributed by atoms with Gasteiger partial charge < -0.3 is 25.2 Å². The van der Waals surface area contributed by atoms with Gasteiger partial charge in [0.2, 0.25) is 0 Å². The van der Waals surface area contributed by atoms with Gasteiger partial charge in [0.15, 0.2) is 0 Å². The summed E-state index contributed by atoms with van der Waals surface area (Å²) < 4.78 is 5.12. The third-order valence-corrected chi connectivity index (χ3v) is 7.97. The van der Waals surface area contributed by atoms with Crippen LogP contribution in [-0.4, -0.2) is 69.3 Å². The maximum absolute atomic E-state index is 12.2. The molecule has 0 saturated carbocycles. The van der Waals surface area contributed by atoms with Gasteiger partial charge in [-0.3, -0.25) is 19.4 Å².